The van der Waals surface area contributed by atoms with E-state index >= 15 is 0 Å². The van der Waals surface area contributed by atoms with Crippen LogP contribution in [0.4, 0.5) is 11.4 Å². The third-order valence-electron chi connectivity index (χ3n) is 4.53. The summed E-state index contributed by atoms with van der Waals surface area (Å²) in [5.41, 5.74) is 0.168. The highest BCUT2D eigenvalue weighted by molar-refractivity contribution is 7.99. The molecule has 1 aromatic heterocycles. The van der Waals surface area contributed by atoms with Gasteiger partial charge in [-0.3, -0.25) is 24.3 Å². The molecule has 0 bridgehead atoms. The van der Waals surface area contributed by atoms with Crippen molar-refractivity contribution in [2.24, 2.45) is 0 Å². The standard InChI is InChI=1S/C22H15ClN4O4S/c23-14-5-8-16(9-6-14)32-20-4-2-1-3-19(20)25-21(28)12-26-13-24-18-10-7-15(27(30)31)11-17(18)22(26)29/h1-11,13H,12H2,(H,25,28). The fourth-order valence-corrected chi connectivity index (χ4v) is 4.03. The van der Waals surface area contributed by atoms with Crippen molar-refractivity contribution in [2.45, 2.75) is 16.3 Å². The molecule has 0 spiro atoms. The van der Waals surface area contributed by atoms with Gasteiger partial charge in [0.1, 0.15) is 6.54 Å². The number of nitrogens with zero attached hydrogens (tertiary/aromatic N) is 3. The summed E-state index contributed by atoms with van der Waals surface area (Å²) in [5, 5.41) is 14.5. The minimum Gasteiger partial charge on any atom is -0.323 e. The summed E-state index contributed by atoms with van der Waals surface area (Å²) in [7, 11) is 0. The van der Waals surface area contributed by atoms with Crippen molar-refractivity contribution >= 4 is 51.5 Å². The zero-order valence-corrected chi connectivity index (χ0v) is 18.0. The molecule has 0 aliphatic heterocycles. The lowest BCUT2D eigenvalue weighted by atomic mass is 10.2. The number of carbonyl (C=O) groups excluding carboxylic acids is 1. The van der Waals surface area contributed by atoms with Crippen LogP contribution in [0.25, 0.3) is 10.9 Å². The van der Waals surface area contributed by atoms with Gasteiger partial charge >= 0.3 is 0 Å². The third kappa shape index (κ3) is 4.79. The van der Waals surface area contributed by atoms with Crippen molar-refractivity contribution in [1.82, 2.24) is 9.55 Å². The van der Waals surface area contributed by atoms with Gasteiger partial charge in [-0.15, -0.1) is 0 Å². The van der Waals surface area contributed by atoms with Crippen LogP contribution in [0.3, 0.4) is 0 Å². The second kappa shape index (κ2) is 9.21. The number of nitrogens with one attached hydrogen (secondary N) is 1. The second-order valence-electron chi connectivity index (χ2n) is 6.74. The number of hydrogen-bond donors (Lipinski definition) is 1. The fourth-order valence-electron chi connectivity index (χ4n) is 3.01. The number of non-ortho nitro benzene ring substituents is 1. The zero-order chi connectivity index (χ0) is 22.7. The molecule has 1 heterocycles. The van der Waals surface area contributed by atoms with Gasteiger partial charge < -0.3 is 5.32 Å². The van der Waals surface area contributed by atoms with E-state index in [1.165, 1.54) is 30.2 Å². The van der Waals surface area contributed by atoms with E-state index in [-0.39, 0.29) is 17.6 Å². The van der Waals surface area contributed by atoms with Crippen LogP contribution in [-0.2, 0) is 11.3 Å². The molecular weight excluding hydrogens is 452 g/mol. The Morgan fingerprint density at radius 2 is 1.88 bits per heavy atom. The Balaban J connectivity index is 1.55. The Morgan fingerprint density at radius 1 is 1.12 bits per heavy atom. The molecule has 0 aliphatic rings. The smallest absolute Gasteiger partial charge is 0.270 e. The van der Waals surface area contributed by atoms with Crippen LogP contribution in [0, 0.1) is 10.1 Å². The maximum Gasteiger partial charge on any atom is 0.270 e. The van der Waals surface area contributed by atoms with Crippen molar-refractivity contribution in [3.05, 3.63) is 98.5 Å². The Bertz CT molecular complexity index is 1390. The first-order valence-corrected chi connectivity index (χ1v) is 10.6. The molecule has 32 heavy (non-hydrogen) atoms. The lowest BCUT2D eigenvalue weighted by Gasteiger charge is -2.12. The molecule has 1 N–H and O–H groups in total. The van der Waals surface area contributed by atoms with E-state index in [1.54, 1.807) is 24.3 Å². The first kappa shape index (κ1) is 21.5. The lowest BCUT2D eigenvalue weighted by molar-refractivity contribution is -0.384. The molecule has 8 nitrogen and oxygen atoms in total. The van der Waals surface area contributed by atoms with E-state index in [9.17, 15) is 19.7 Å². The van der Waals surface area contributed by atoms with E-state index in [0.29, 0.717) is 16.2 Å². The summed E-state index contributed by atoms with van der Waals surface area (Å²) in [4.78, 5) is 41.7. The minimum absolute atomic E-state index is 0.0770. The van der Waals surface area contributed by atoms with Crippen LogP contribution in [0.2, 0.25) is 5.02 Å². The molecular formula is C22H15ClN4O4S. The van der Waals surface area contributed by atoms with Gasteiger partial charge in [0.05, 0.1) is 27.8 Å². The van der Waals surface area contributed by atoms with Gasteiger partial charge in [-0.2, -0.15) is 0 Å². The predicted molar refractivity (Wildman–Crippen MR) is 123 cm³/mol. The summed E-state index contributed by atoms with van der Waals surface area (Å²) in [5.74, 6) is -0.428. The van der Waals surface area contributed by atoms with Gasteiger partial charge in [0.2, 0.25) is 5.91 Å². The molecule has 0 fully saturated rings. The Labute approximate surface area is 191 Å². The van der Waals surface area contributed by atoms with Gasteiger partial charge in [-0.1, -0.05) is 35.5 Å². The number of fused-ring (bicyclic) bond motifs is 1. The Kier molecular flexibility index (Phi) is 6.20. The van der Waals surface area contributed by atoms with Crippen molar-refractivity contribution in [2.75, 3.05) is 5.32 Å². The van der Waals surface area contributed by atoms with E-state index in [2.05, 4.69) is 10.3 Å². The van der Waals surface area contributed by atoms with Crippen molar-refractivity contribution < 1.29 is 9.72 Å². The van der Waals surface area contributed by atoms with Gasteiger partial charge in [0.15, 0.2) is 0 Å². The number of aromatic nitrogens is 2. The van der Waals surface area contributed by atoms with Crippen molar-refractivity contribution in [3.8, 4) is 0 Å². The van der Waals surface area contributed by atoms with Crippen LogP contribution < -0.4 is 10.9 Å². The molecule has 0 radical (unpaired) electrons. The van der Waals surface area contributed by atoms with Gasteiger partial charge in [-0.05, 0) is 42.5 Å². The highest BCUT2D eigenvalue weighted by atomic mass is 35.5. The number of anilines is 1. The molecule has 0 saturated carbocycles. The van der Waals surface area contributed by atoms with Crippen molar-refractivity contribution in [1.29, 1.82) is 0 Å². The molecule has 0 unspecified atom stereocenters. The molecule has 1 amide bonds. The first-order valence-electron chi connectivity index (χ1n) is 9.36. The number of nitro benzene ring substituents is 1. The van der Waals surface area contributed by atoms with Gasteiger partial charge in [0, 0.05) is 26.9 Å². The Hall–Kier alpha value is -3.69. The molecule has 0 saturated heterocycles. The topological polar surface area (TPSA) is 107 Å². The predicted octanol–water partition coefficient (Wildman–Crippen LogP) is 4.75. The number of hydrogen-bond acceptors (Lipinski definition) is 6. The number of halogens is 1. The summed E-state index contributed by atoms with van der Waals surface area (Å²) in [6, 6.07) is 18.5. The second-order valence-corrected chi connectivity index (χ2v) is 8.29. The number of nitro groups is 1. The van der Waals surface area contributed by atoms with Crippen LogP contribution >= 0.6 is 23.4 Å². The SMILES string of the molecule is O=C(Cn1cnc2ccc([N+](=O)[O-])cc2c1=O)Nc1ccccc1Sc1ccc(Cl)cc1. The normalized spacial score (nSPS) is 10.8. The quantitative estimate of drug-likeness (QED) is 0.324. The molecule has 10 heteroatoms. The van der Waals surface area contributed by atoms with E-state index in [1.807, 2.05) is 24.3 Å². The minimum atomic E-state index is -0.585. The summed E-state index contributed by atoms with van der Waals surface area (Å²) >= 11 is 7.39. The maximum atomic E-state index is 12.7. The number of amides is 1. The summed E-state index contributed by atoms with van der Waals surface area (Å²) in [6.07, 6.45) is 1.25. The average Bonchev–Trinajstić information content (AvgIpc) is 2.78. The molecule has 4 rings (SSSR count). The lowest BCUT2D eigenvalue weighted by Crippen LogP contribution is -2.28. The molecule has 0 aliphatic carbocycles. The number of para-hydroxylation sites is 1. The number of rotatable bonds is 6. The fraction of sp³-hybridized carbons (Fsp3) is 0.0455. The monoisotopic (exact) mass is 466 g/mol. The van der Waals surface area contributed by atoms with Gasteiger partial charge in [0.25, 0.3) is 11.2 Å². The van der Waals surface area contributed by atoms with E-state index < -0.39 is 16.4 Å². The Morgan fingerprint density at radius 3 is 2.62 bits per heavy atom. The average molecular weight is 467 g/mol. The van der Waals surface area contributed by atoms with Crippen LogP contribution in [0.15, 0.2) is 87.6 Å². The van der Waals surface area contributed by atoms with Crippen LogP contribution in [-0.4, -0.2) is 20.4 Å². The van der Waals surface area contributed by atoms with Crippen LogP contribution in [0.1, 0.15) is 0 Å². The molecule has 3 aromatic carbocycles. The highest BCUT2D eigenvalue weighted by Gasteiger charge is 2.14. The van der Waals surface area contributed by atoms with Crippen molar-refractivity contribution in [3.63, 3.8) is 0 Å². The molecule has 0 atom stereocenters. The number of carbonyl (C=O) groups is 1. The highest BCUT2D eigenvalue weighted by Crippen LogP contribution is 2.33. The largest absolute Gasteiger partial charge is 0.323 e. The number of benzene rings is 3. The maximum absolute atomic E-state index is 12.7. The van der Waals surface area contributed by atoms with E-state index in [0.717, 1.165) is 20.4 Å². The first-order chi connectivity index (χ1) is 15.4. The molecule has 160 valence electrons. The van der Waals surface area contributed by atoms with Crippen LogP contribution in [0.5, 0.6) is 0 Å². The third-order valence-corrected chi connectivity index (χ3v) is 5.87. The zero-order valence-electron chi connectivity index (χ0n) is 16.4. The summed E-state index contributed by atoms with van der Waals surface area (Å²) in [6.45, 7) is -0.287. The molecule has 4 aromatic rings. The van der Waals surface area contributed by atoms with E-state index in [4.69, 9.17) is 11.6 Å². The summed E-state index contributed by atoms with van der Waals surface area (Å²) < 4.78 is 1.12. The van der Waals surface area contributed by atoms with Gasteiger partial charge in [-0.25, -0.2) is 4.98 Å².